The Morgan fingerprint density at radius 2 is 1.62 bits per heavy atom. The highest BCUT2D eigenvalue weighted by atomic mass is 16.6. The Morgan fingerprint density at radius 3 is 2.43 bits per heavy atom. The number of allylic oxidation sites excluding steroid dienone is 7. The van der Waals surface area contributed by atoms with Crippen molar-refractivity contribution in [3.63, 3.8) is 0 Å². The minimum absolute atomic E-state index is 0.0401. The molecule has 6 heterocycles. The minimum atomic E-state index is -0.932. The van der Waals surface area contributed by atoms with Crippen molar-refractivity contribution in [1.29, 1.82) is 0 Å². The van der Waals surface area contributed by atoms with Gasteiger partial charge in [-0.3, -0.25) is 4.79 Å². The maximum atomic E-state index is 12.6. The molecular weight excluding hydrogens is 707 g/mol. The third-order valence-electron chi connectivity index (χ3n) is 14.2. The molecule has 7 rings (SSSR count). The maximum Gasteiger partial charge on any atom is 0.232 e. The second-order valence-corrected chi connectivity index (χ2v) is 18.5. The summed E-state index contributed by atoms with van der Waals surface area (Å²) in [5, 5.41) is 26.3. The number of amides is 1. The monoisotopic (exact) mass is 773 g/mol. The van der Waals surface area contributed by atoms with E-state index >= 15 is 0 Å². The summed E-state index contributed by atoms with van der Waals surface area (Å²) in [6, 6.07) is 7.95. The molecule has 1 aromatic carbocycles. The number of ether oxygens (including phenoxy) is 5. The molecule has 0 aromatic heterocycles. The first-order valence-corrected chi connectivity index (χ1v) is 21.4. The molecule has 14 atom stereocenters. The van der Waals surface area contributed by atoms with E-state index in [0.29, 0.717) is 32.1 Å². The van der Waals surface area contributed by atoms with Gasteiger partial charge in [-0.05, 0) is 116 Å². The van der Waals surface area contributed by atoms with Gasteiger partial charge in [0.1, 0.15) is 6.10 Å². The molecule has 1 amide bonds. The lowest BCUT2D eigenvalue weighted by Crippen LogP contribution is -2.59. The van der Waals surface area contributed by atoms with Gasteiger partial charge in [0.2, 0.25) is 5.91 Å². The number of rotatable bonds is 10. The van der Waals surface area contributed by atoms with E-state index < -0.39 is 29.0 Å². The SMILES string of the molecule is C=CC=CCCC1OC2CCC3(C)OC4C(O)CC5(C)OC(CCC=C(C)C(C)=CCC6C(=O)Nc7ccccc76)C(C)CC5OC4CC3OC2CCC1(C)O. The summed E-state index contributed by atoms with van der Waals surface area (Å²) >= 11 is 0. The second kappa shape index (κ2) is 16.9. The maximum absolute atomic E-state index is 12.6. The molecule has 0 bridgehead atoms. The minimum Gasteiger partial charge on any atom is -0.390 e. The van der Waals surface area contributed by atoms with Crippen LogP contribution in [-0.4, -0.2) is 87.9 Å². The van der Waals surface area contributed by atoms with Gasteiger partial charge in [-0.15, -0.1) is 0 Å². The number of nitrogens with one attached hydrogen (secondary N) is 1. The number of aliphatic hydroxyl groups is 2. The van der Waals surface area contributed by atoms with E-state index in [1.54, 1.807) is 6.08 Å². The molecule has 308 valence electrons. The van der Waals surface area contributed by atoms with E-state index in [1.165, 1.54) is 11.1 Å². The molecule has 9 heteroatoms. The number of carbonyl (C=O) groups excluding carboxylic acids is 1. The van der Waals surface area contributed by atoms with Gasteiger partial charge < -0.3 is 39.2 Å². The van der Waals surface area contributed by atoms with Gasteiger partial charge in [0.25, 0.3) is 0 Å². The highest BCUT2D eigenvalue weighted by Gasteiger charge is 2.58. The third-order valence-corrected chi connectivity index (χ3v) is 14.2. The Bertz CT molecular complexity index is 1670. The standard InChI is InChI=1S/C47H67NO8/c1-8-9-10-11-19-40-45(5,51)24-22-37-38(52-40)23-25-46(6)42(53-37)27-39-43(56-46)35(49)28-47(7)41(54-39)26-31(4)36(55-47)18-14-15-29(2)30(3)20-21-33-32-16-12-13-17-34(32)48-44(33)50/h8-10,12-13,15-17,20,31,33,35-43,49,51H,1,11,14,18-19,21-28H2,2-7H3,(H,48,50). The van der Waals surface area contributed by atoms with E-state index in [-0.39, 0.29) is 60.5 Å². The largest absolute Gasteiger partial charge is 0.390 e. The third kappa shape index (κ3) is 8.70. The van der Waals surface area contributed by atoms with Crippen molar-refractivity contribution in [3.05, 3.63) is 77.9 Å². The van der Waals surface area contributed by atoms with Gasteiger partial charge in [0.05, 0.1) is 71.6 Å². The molecule has 3 N–H and O–H groups in total. The Hall–Kier alpha value is -2.63. The van der Waals surface area contributed by atoms with Crippen molar-refractivity contribution in [3.8, 4) is 0 Å². The summed E-state index contributed by atoms with van der Waals surface area (Å²) in [4.78, 5) is 12.6. The molecule has 6 aliphatic heterocycles. The first kappa shape index (κ1) is 41.5. The predicted molar refractivity (Wildman–Crippen MR) is 218 cm³/mol. The normalized spacial score (nSPS) is 42.9. The highest BCUT2D eigenvalue weighted by Crippen LogP contribution is 2.49. The van der Waals surface area contributed by atoms with Crippen LogP contribution in [0.2, 0.25) is 0 Å². The number of carbonyl (C=O) groups is 1. The van der Waals surface area contributed by atoms with Gasteiger partial charge in [-0.25, -0.2) is 0 Å². The lowest BCUT2D eigenvalue weighted by atomic mass is 9.79. The molecule has 0 radical (unpaired) electrons. The Balaban J connectivity index is 0.964. The number of fused-ring (bicyclic) bond motifs is 5. The Morgan fingerprint density at radius 1 is 0.911 bits per heavy atom. The van der Waals surface area contributed by atoms with Crippen LogP contribution in [0.3, 0.4) is 0 Å². The van der Waals surface area contributed by atoms with E-state index in [0.717, 1.165) is 56.2 Å². The van der Waals surface area contributed by atoms with Gasteiger partial charge in [0, 0.05) is 18.5 Å². The molecule has 9 nitrogen and oxygen atoms in total. The van der Waals surface area contributed by atoms with Gasteiger partial charge in [-0.1, -0.05) is 73.2 Å². The van der Waals surface area contributed by atoms with Crippen molar-refractivity contribution in [1.82, 2.24) is 0 Å². The summed E-state index contributed by atoms with van der Waals surface area (Å²) in [5.74, 6) is 0.206. The summed E-state index contributed by atoms with van der Waals surface area (Å²) in [5.41, 5.74) is 2.23. The van der Waals surface area contributed by atoms with E-state index in [4.69, 9.17) is 23.7 Å². The molecule has 0 saturated carbocycles. The van der Waals surface area contributed by atoms with Crippen LogP contribution in [0.15, 0.2) is 72.4 Å². The predicted octanol–water partition coefficient (Wildman–Crippen LogP) is 8.40. The summed E-state index contributed by atoms with van der Waals surface area (Å²) in [7, 11) is 0. The van der Waals surface area contributed by atoms with Gasteiger partial charge >= 0.3 is 0 Å². The molecule has 5 saturated heterocycles. The van der Waals surface area contributed by atoms with E-state index in [9.17, 15) is 15.0 Å². The topological polar surface area (TPSA) is 116 Å². The van der Waals surface area contributed by atoms with Crippen molar-refractivity contribution < 1.29 is 38.7 Å². The van der Waals surface area contributed by atoms with Crippen molar-refractivity contribution in [2.75, 3.05) is 5.32 Å². The summed E-state index contributed by atoms with van der Waals surface area (Å²) in [6.07, 6.45) is 16.5. The molecule has 6 aliphatic rings. The van der Waals surface area contributed by atoms with Crippen molar-refractivity contribution in [2.45, 2.75) is 196 Å². The summed E-state index contributed by atoms with van der Waals surface area (Å²) in [6.45, 7) is 16.4. The fourth-order valence-corrected chi connectivity index (χ4v) is 10.4. The van der Waals surface area contributed by atoms with Crippen LogP contribution in [0.5, 0.6) is 0 Å². The number of para-hydroxylation sites is 1. The Labute approximate surface area is 334 Å². The molecule has 5 fully saturated rings. The fraction of sp³-hybridized carbons (Fsp3) is 0.681. The first-order chi connectivity index (χ1) is 26.7. The second-order valence-electron chi connectivity index (χ2n) is 18.5. The van der Waals surface area contributed by atoms with Crippen molar-refractivity contribution in [2.24, 2.45) is 5.92 Å². The van der Waals surface area contributed by atoms with Crippen LogP contribution >= 0.6 is 0 Å². The van der Waals surface area contributed by atoms with Gasteiger partial charge in [0.15, 0.2) is 0 Å². The van der Waals surface area contributed by atoms with Crippen LogP contribution in [0, 0.1) is 5.92 Å². The van der Waals surface area contributed by atoms with Crippen LogP contribution < -0.4 is 5.32 Å². The average Bonchev–Trinajstić information content (AvgIpc) is 3.26. The molecular formula is C47H67NO8. The van der Waals surface area contributed by atoms with Crippen LogP contribution in [-0.2, 0) is 28.5 Å². The van der Waals surface area contributed by atoms with E-state index in [1.807, 2.05) is 37.3 Å². The van der Waals surface area contributed by atoms with Gasteiger partial charge in [-0.2, -0.15) is 0 Å². The molecule has 0 spiro atoms. The number of anilines is 1. The lowest BCUT2D eigenvalue weighted by molar-refractivity contribution is -0.273. The van der Waals surface area contributed by atoms with Crippen LogP contribution in [0.4, 0.5) is 5.69 Å². The zero-order chi connectivity index (χ0) is 39.8. The average molecular weight is 774 g/mol. The molecule has 56 heavy (non-hydrogen) atoms. The van der Waals surface area contributed by atoms with Crippen molar-refractivity contribution >= 4 is 11.6 Å². The number of aliphatic hydroxyl groups excluding tert-OH is 1. The number of benzene rings is 1. The smallest absolute Gasteiger partial charge is 0.232 e. The van der Waals surface area contributed by atoms with Crippen LogP contribution in [0.1, 0.15) is 130 Å². The quantitative estimate of drug-likeness (QED) is 0.203. The Kier molecular flexibility index (Phi) is 12.5. The molecule has 0 aliphatic carbocycles. The first-order valence-electron chi connectivity index (χ1n) is 21.4. The highest BCUT2D eigenvalue weighted by molar-refractivity contribution is 6.02. The van der Waals surface area contributed by atoms with E-state index in [2.05, 4.69) is 64.7 Å². The molecule has 14 unspecified atom stereocenters. The zero-order valence-electron chi connectivity index (χ0n) is 34.6. The van der Waals surface area contributed by atoms with Crippen LogP contribution in [0.25, 0.3) is 0 Å². The zero-order valence-corrected chi connectivity index (χ0v) is 34.6. The lowest BCUT2D eigenvalue weighted by Gasteiger charge is -2.49. The fourth-order valence-electron chi connectivity index (χ4n) is 10.4. The molecule has 1 aromatic rings. The number of hydrogen-bond donors (Lipinski definition) is 3. The number of hydrogen-bond acceptors (Lipinski definition) is 8. The summed E-state index contributed by atoms with van der Waals surface area (Å²) < 4.78 is 34.5.